The summed E-state index contributed by atoms with van der Waals surface area (Å²) in [6.45, 7) is 2.49. The Morgan fingerprint density at radius 1 is 1.69 bits per heavy atom. The van der Waals surface area contributed by atoms with Gasteiger partial charge in [-0.15, -0.1) is 0 Å². The van der Waals surface area contributed by atoms with Crippen LogP contribution < -0.4 is 5.32 Å². The Balaban J connectivity index is 2.74. The zero-order valence-corrected chi connectivity index (χ0v) is 9.39. The van der Waals surface area contributed by atoms with Crippen molar-refractivity contribution >= 4 is 15.9 Å². The van der Waals surface area contributed by atoms with Crippen LogP contribution in [0.4, 0.5) is 0 Å². The van der Waals surface area contributed by atoms with E-state index in [-0.39, 0.29) is 0 Å². The molecule has 1 aromatic heterocycles. The maximum atomic E-state index is 10.0. The molecule has 0 aromatic carbocycles. The molecule has 2 N–H and O–H groups in total. The van der Waals surface area contributed by atoms with Gasteiger partial charge in [-0.25, -0.2) is 0 Å². The zero-order valence-electron chi connectivity index (χ0n) is 7.80. The van der Waals surface area contributed by atoms with Gasteiger partial charge in [-0.3, -0.25) is 0 Å². The fourth-order valence-corrected chi connectivity index (χ4v) is 1.79. The molecule has 1 unspecified atom stereocenters. The number of aliphatic hydroxyl groups is 1. The lowest BCUT2D eigenvalue weighted by Gasteiger charge is -2.20. The predicted molar refractivity (Wildman–Crippen MR) is 54.5 cm³/mol. The molecule has 0 saturated heterocycles. The molecule has 0 aliphatic carbocycles. The van der Waals surface area contributed by atoms with E-state index >= 15 is 0 Å². The first-order valence-corrected chi connectivity index (χ1v) is 4.97. The monoisotopic (exact) mass is 247 g/mol. The SMILES string of the molecule is CNCCC(C)(O)c1occc1Br. The molecule has 0 amide bonds. The standard InChI is InChI=1S/C9H14BrNO2/c1-9(12,4-5-11-2)8-7(10)3-6-13-8/h3,6,11-12H,4-5H2,1-2H3. The summed E-state index contributed by atoms with van der Waals surface area (Å²) in [6, 6.07) is 1.78. The van der Waals surface area contributed by atoms with Crippen molar-refractivity contribution in [2.24, 2.45) is 0 Å². The molecule has 0 fully saturated rings. The van der Waals surface area contributed by atoms with E-state index in [4.69, 9.17) is 4.42 Å². The van der Waals surface area contributed by atoms with E-state index in [1.807, 2.05) is 7.05 Å². The largest absolute Gasteiger partial charge is 0.465 e. The Labute approximate surface area is 86.3 Å². The first-order chi connectivity index (χ1) is 6.08. The highest BCUT2D eigenvalue weighted by molar-refractivity contribution is 9.10. The zero-order chi connectivity index (χ0) is 9.90. The number of furan rings is 1. The molecule has 0 saturated carbocycles. The summed E-state index contributed by atoms with van der Waals surface area (Å²) in [4.78, 5) is 0. The van der Waals surface area contributed by atoms with Gasteiger partial charge in [-0.05, 0) is 48.9 Å². The highest BCUT2D eigenvalue weighted by atomic mass is 79.9. The molecule has 0 bridgehead atoms. The van der Waals surface area contributed by atoms with E-state index in [1.165, 1.54) is 0 Å². The van der Waals surface area contributed by atoms with Gasteiger partial charge in [-0.1, -0.05) is 0 Å². The van der Waals surface area contributed by atoms with Gasteiger partial charge in [0.25, 0.3) is 0 Å². The Morgan fingerprint density at radius 3 is 2.85 bits per heavy atom. The summed E-state index contributed by atoms with van der Waals surface area (Å²) in [6.07, 6.45) is 2.18. The van der Waals surface area contributed by atoms with Gasteiger partial charge in [0.05, 0.1) is 10.7 Å². The third kappa shape index (κ3) is 2.56. The van der Waals surface area contributed by atoms with E-state index in [9.17, 15) is 5.11 Å². The molecule has 0 aliphatic rings. The molecule has 1 atom stereocenters. The van der Waals surface area contributed by atoms with Crippen molar-refractivity contribution in [3.8, 4) is 0 Å². The van der Waals surface area contributed by atoms with Crippen LogP contribution in [-0.2, 0) is 5.60 Å². The van der Waals surface area contributed by atoms with Crippen LogP contribution in [0.15, 0.2) is 21.2 Å². The molecule has 13 heavy (non-hydrogen) atoms. The van der Waals surface area contributed by atoms with Crippen LogP contribution in [0.25, 0.3) is 0 Å². The average Bonchev–Trinajstić information content (AvgIpc) is 2.48. The fourth-order valence-electron chi connectivity index (χ4n) is 1.16. The fraction of sp³-hybridized carbons (Fsp3) is 0.556. The summed E-state index contributed by atoms with van der Waals surface area (Å²) >= 11 is 3.32. The average molecular weight is 248 g/mol. The van der Waals surface area contributed by atoms with E-state index in [0.717, 1.165) is 11.0 Å². The van der Waals surface area contributed by atoms with Crippen molar-refractivity contribution in [3.63, 3.8) is 0 Å². The Hall–Kier alpha value is -0.320. The lowest BCUT2D eigenvalue weighted by atomic mass is 9.99. The molecule has 1 heterocycles. The van der Waals surface area contributed by atoms with Gasteiger partial charge in [0.2, 0.25) is 0 Å². The van der Waals surface area contributed by atoms with Crippen LogP contribution in [-0.4, -0.2) is 18.7 Å². The van der Waals surface area contributed by atoms with Crippen LogP contribution in [0, 0.1) is 0 Å². The summed E-state index contributed by atoms with van der Waals surface area (Å²) in [5.74, 6) is 0.586. The highest BCUT2D eigenvalue weighted by Gasteiger charge is 2.28. The molecule has 0 spiro atoms. The lowest BCUT2D eigenvalue weighted by Crippen LogP contribution is -2.26. The van der Waals surface area contributed by atoms with Crippen molar-refractivity contribution in [2.75, 3.05) is 13.6 Å². The van der Waals surface area contributed by atoms with Crippen LogP contribution in [0.1, 0.15) is 19.1 Å². The van der Waals surface area contributed by atoms with Crippen molar-refractivity contribution in [1.29, 1.82) is 0 Å². The van der Waals surface area contributed by atoms with E-state index in [1.54, 1.807) is 19.3 Å². The van der Waals surface area contributed by atoms with Crippen molar-refractivity contribution in [2.45, 2.75) is 18.9 Å². The minimum absolute atomic E-state index is 0.586. The van der Waals surface area contributed by atoms with E-state index in [0.29, 0.717) is 12.2 Å². The van der Waals surface area contributed by atoms with Crippen LogP contribution in [0.2, 0.25) is 0 Å². The summed E-state index contributed by atoms with van der Waals surface area (Å²) in [5.41, 5.74) is -0.911. The Bertz CT molecular complexity index is 270. The minimum atomic E-state index is -0.911. The topological polar surface area (TPSA) is 45.4 Å². The molecule has 74 valence electrons. The lowest BCUT2D eigenvalue weighted by molar-refractivity contribution is 0.0252. The van der Waals surface area contributed by atoms with Crippen LogP contribution in [0.3, 0.4) is 0 Å². The Morgan fingerprint density at radius 2 is 2.38 bits per heavy atom. The molecule has 3 nitrogen and oxygen atoms in total. The van der Waals surface area contributed by atoms with Gasteiger partial charge < -0.3 is 14.8 Å². The van der Waals surface area contributed by atoms with Gasteiger partial charge >= 0.3 is 0 Å². The third-order valence-corrected chi connectivity index (χ3v) is 2.59. The molecule has 1 aromatic rings. The maximum absolute atomic E-state index is 10.0. The molecule has 4 heteroatoms. The van der Waals surface area contributed by atoms with Gasteiger partial charge in [0.1, 0.15) is 11.4 Å². The second-order valence-corrected chi connectivity index (χ2v) is 4.08. The molecule has 1 rings (SSSR count). The highest BCUT2D eigenvalue weighted by Crippen LogP contribution is 2.31. The van der Waals surface area contributed by atoms with Crippen LogP contribution in [0.5, 0.6) is 0 Å². The molecular weight excluding hydrogens is 234 g/mol. The van der Waals surface area contributed by atoms with Gasteiger partial charge in [-0.2, -0.15) is 0 Å². The minimum Gasteiger partial charge on any atom is -0.465 e. The quantitative estimate of drug-likeness (QED) is 0.854. The first kappa shape index (κ1) is 10.8. The smallest absolute Gasteiger partial charge is 0.149 e. The molecule has 0 radical (unpaired) electrons. The number of hydrogen-bond acceptors (Lipinski definition) is 3. The molecular formula is C9H14BrNO2. The second kappa shape index (κ2) is 4.26. The number of rotatable bonds is 4. The second-order valence-electron chi connectivity index (χ2n) is 3.23. The van der Waals surface area contributed by atoms with Crippen molar-refractivity contribution < 1.29 is 9.52 Å². The Kier molecular flexibility index (Phi) is 3.53. The van der Waals surface area contributed by atoms with Crippen molar-refractivity contribution in [1.82, 2.24) is 5.32 Å². The number of halogens is 1. The molecule has 0 aliphatic heterocycles. The third-order valence-electron chi connectivity index (χ3n) is 1.97. The van der Waals surface area contributed by atoms with E-state index < -0.39 is 5.60 Å². The summed E-state index contributed by atoms with van der Waals surface area (Å²) < 4.78 is 6.01. The van der Waals surface area contributed by atoms with E-state index in [2.05, 4.69) is 21.2 Å². The van der Waals surface area contributed by atoms with Crippen molar-refractivity contribution in [3.05, 3.63) is 22.6 Å². The maximum Gasteiger partial charge on any atom is 0.149 e. The summed E-state index contributed by atoms with van der Waals surface area (Å²) in [7, 11) is 1.85. The number of hydrogen-bond donors (Lipinski definition) is 2. The van der Waals surface area contributed by atoms with Crippen LogP contribution >= 0.6 is 15.9 Å². The number of nitrogens with one attached hydrogen (secondary N) is 1. The summed E-state index contributed by atoms with van der Waals surface area (Å²) in [5, 5.41) is 13.0. The van der Waals surface area contributed by atoms with Gasteiger partial charge in [0.15, 0.2) is 0 Å². The predicted octanol–water partition coefficient (Wildman–Crippen LogP) is 1.86. The van der Waals surface area contributed by atoms with Gasteiger partial charge in [0, 0.05) is 0 Å². The normalized spacial score (nSPS) is 15.7. The first-order valence-electron chi connectivity index (χ1n) is 4.18.